The van der Waals surface area contributed by atoms with Crippen LogP contribution in [-0.4, -0.2) is 36.8 Å². The number of carbonyl (C=O) groups excluding carboxylic acids is 2. The SMILES string of the molecule is CC(C)C(NCCNC(=O)OCc1ccccc1)C(=O)OC(C)(C)C. The second-order valence-corrected chi connectivity index (χ2v) is 7.20. The minimum absolute atomic E-state index is 0.0832. The highest BCUT2D eigenvalue weighted by atomic mass is 16.6. The fourth-order valence-electron chi connectivity index (χ4n) is 2.12. The normalized spacial score (nSPS) is 12.6. The average Bonchev–Trinajstić information content (AvgIpc) is 2.51. The van der Waals surface area contributed by atoms with Crippen molar-refractivity contribution in [2.75, 3.05) is 13.1 Å². The molecule has 0 aliphatic rings. The van der Waals surface area contributed by atoms with Crippen LogP contribution in [0, 0.1) is 5.92 Å². The minimum atomic E-state index is -0.522. The van der Waals surface area contributed by atoms with Gasteiger partial charge in [0.05, 0.1) is 0 Å². The zero-order valence-electron chi connectivity index (χ0n) is 15.8. The number of rotatable bonds is 8. The Balaban J connectivity index is 2.29. The molecule has 25 heavy (non-hydrogen) atoms. The second-order valence-electron chi connectivity index (χ2n) is 7.20. The fraction of sp³-hybridized carbons (Fsp3) is 0.579. The van der Waals surface area contributed by atoms with Gasteiger partial charge in [-0.05, 0) is 32.3 Å². The van der Waals surface area contributed by atoms with Crippen LogP contribution in [0.1, 0.15) is 40.2 Å². The quantitative estimate of drug-likeness (QED) is 0.557. The Kier molecular flexibility index (Phi) is 8.41. The second kappa shape index (κ2) is 10.0. The molecule has 1 amide bonds. The zero-order valence-corrected chi connectivity index (χ0v) is 15.8. The Morgan fingerprint density at radius 1 is 1.08 bits per heavy atom. The molecule has 0 fully saturated rings. The molecule has 1 aromatic carbocycles. The molecule has 6 nitrogen and oxygen atoms in total. The van der Waals surface area contributed by atoms with Crippen LogP contribution < -0.4 is 10.6 Å². The molecule has 0 aliphatic heterocycles. The van der Waals surface area contributed by atoms with Crippen molar-refractivity contribution in [3.8, 4) is 0 Å². The highest BCUT2D eigenvalue weighted by Gasteiger charge is 2.27. The number of hydrogen-bond acceptors (Lipinski definition) is 5. The molecular formula is C19H30N2O4. The van der Waals surface area contributed by atoms with Crippen molar-refractivity contribution in [3.05, 3.63) is 35.9 Å². The first kappa shape index (κ1) is 21.0. The molecule has 1 aromatic rings. The maximum Gasteiger partial charge on any atom is 0.407 e. The lowest BCUT2D eigenvalue weighted by Gasteiger charge is -2.26. The van der Waals surface area contributed by atoms with Crippen LogP contribution in [0.4, 0.5) is 4.79 Å². The molecule has 6 heteroatoms. The van der Waals surface area contributed by atoms with Crippen LogP contribution in [0.3, 0.4) is 0 Å². The van der Waals surface area contributed by atoms with Gasteiger partial charge in [-0.15, -0.1) is 0 Å². The first-order valence-electron chi connectivity index (χ1n) is 8.60. The van der Waals surface area contributed by atoms with Crippen LogP contribution >= 0.6 is 0 Å². The van der Waals surface area contributed by atoms with E-state index >= 15 is 0 Å². The van der Waals surface area contributed by atoms with Gasteiger partial charge in [0.2, 0.25) is 0 Å². The average molecular weight is 350 g/mol. The van der Waals surface area contributed by atoms with Crippen molar-refractivity contribution in [2.24, 2.45) is 5.92 Å². The van der Waals surface area contributed by atoms with E-state index in [1.54, 1.807) is 0 Å². The summed E-state index contributed by atoms with van der Waals surface area (Å²) in [6, 6.07) is 9.06. The van der Waals surface area contributed by atoms with E-state index in [-0.39, 0.29) is 18.5 Å². The number of ether oxygens (including phenoxy) is 2. The molecule has 0 saturated carbocycles. The third-order valence-corrected chi connectivity index (χ3v) is 3.30. The molecule has 0 radical (unpaired) electrons. The van der Waals surface area contributed by atoms with E-state index in [4.69, 9.17) is 9.47 Å². The molecule has 0 aliphatic carbocycles. The summed E-state index contributed by atoms with van der Waals surface area (Å²) in [7, 11) is 0. The number of amides is 1. The van der Waals surface area contributed by atoms with Crippen LogP contribution in [0.5, 0.6) is 0 Å². The van der Waals surface area contributed by atoms with E-state index in [0.717, 1.165) is 5.56 Å². The van der Waals surface area contributed by atoms with Crippen molar-refractivity contribution in [1.82, 2.24) is 10.6 Å². The minimum Gasteiger partial charge on any atom is -0.459 e. The summed E-state index contributed by atoms with van der Waals surface area (Å²) in [6.07, 6.45) is -0.482. The number of alkyl carbamates (subject to hydrolysis) is 1. The lowest BCUT2D eigenvalue weighted by Crippen LogP contribution is -2.47. The van der Waals surface area contributed by atoms with Gasteiger partial charge in [-0.25, -0.2) is 4.79 Å². The van der Waals surface area contributed by atoms with E-state index in [2.05, 4.69) is 10.6 Å². The lowest BCUT2D eigenvalue weighted by molar-refractivity contribution is -0.158. The maximum atomic E-state index is 12.2. The Labute approximate surface area is 150 Å². The molecule has 1 unspecified atom stereocenters. The van der Waals surface area contributed by atoms with E-state index in [9.17, 15) is 9.59 Å². The number of benzene rings is 1. The summed E-state index contributed by atoms with van der Waals surface area (Å²) >= 11 is 0. The molecular weight excluding hydrogens is 320 g/mol. The summed E-state index contributed by atoms with van der Waals surface area (Å²) in [5, 5.41) is 5.78. The smallest absolute Gasteiger partial charge is 0.407 e. The van der Waals surface area contributed by atoms with Crippen LogP contribution in [0.15, 0.2) is 30.3 Å². The van der Waals surface area contributed by atoms with Gasteiger partial charge in [0.25, 0.3) is 0 Å². The highest BCUT2D eigenvalue weighted by Crippen LogP contribution is 2.12. The maximum absolute atomic E-state index is 12.2. The molecule has 2 N–H and O–H groups in total. The first-order valence-corrected chi connectivity index (χ1v) is 8.60. The van der Waals surface area contributed by atoms with Gasteiger partial charge in [-0.1, -0.05) is 44.2 Å². The molecule has 0 heterocycles. The van der Waals surface area contributed by atoms with Gasteiger partial charge in [-0.2, -0.15) is 0 Å². The molecule has 1 atom stereocenters. The Bertz CT molecular complexity index is 538. The van der Waals surface area contributed by atoms with Crippen molar-refractivity contribution in [2.45, 2.75) is 52.9 Å². The molecule has 0 aromatic heterocycles. The predicted molar refractivity (Wildman–Crippen MR) is 97.1 cm³/mol. The molecule has 0 saturated heterocycles. The lowest BCUT2D eigenvalue weighted by atomic mass is 10.0. The van der Waals surface area contributed by atoms with Gasteiger partial charge in [0.15, 0.2) is 0 Å². The molecule has 0 bridgehead atoms. The highest BCUT2D eigenvalue weighted by molar-refractivity contribution is 5.76. The summed E-state index contributed by atoms with van der Waals surface area (Å²) < 4.78 is 10.5. The van der Waals surface area contributed by atoms with Gasteiger partial charge >= 0.3 is 12.1 Å². The van der Waals surface area contributed by atoms with E-state index in [0.29, 0.717) is 13.1 Å². The largest absolute Gasteiger partial charge is 0.459 e. The van der Waals surface area contributed by atoms with Crippen molar-refractivity contribution >= 4 is 12.1 Å². The molecule has 0 spiro atoms. The summed E-state index contributed by atoms with van der Waals surface area (Å²) in [5.74, 6) is -0.200. The topological polar surface area (TPSA) is 76.7 Å². The monoisotopic (exact) mass is 350 g/mol. The predicted octanol–water partition coefficient (Wildman–Crippen LogP) is 2.87. The van der Waals surface area contributed by atoms with E-state index in [1.807, 2.05) is 65.0 Å². The number of nitrogens with one attached hydrogen (secondary N) is 2. The summed E-state index contributed by atoms with van der Waals surface area (Å²) in [6.45, 7) is 10.5. The zero-order chi connectivity index (χ0) is 18.9. The first-order chi connectivity index (χ1) is 11.7. The van der Waals surface area contributed by atoms with Crippen LogP contribution in [0.25, 0.3) is 0 Å². The Hall–Kier alpha value is -2.08. The molecule has 1 rings (SSSR count). The third kappa shape index (κ3) is 9.10. The van der Waals surface area contributed by atoms with Crippen LogP contribution in [-0.2, 0) is 20.9 Å². The standard InChI is InChI=1S/C19H30N2O4/c1-14(2)16(17(22)25-19(3,4)5)20-11-12-21-18(23)24-13-15-9-7-6-8-10-15/h6-10,14,16,20H,11-13H2,1-5H3,(H,21,23). The Morgan fingerprint density at radius 3 is 2.28 bits per heavy atom. The Morgan fingerprint density at radius 2 is 1.72 bits per heavy atom. The fourth-order valence-corrected chi connectivity index (χ4v) is 2.12. The van der Waals surface area contributed by atoms with Gasteiger partial charge in [-0.3, -0.25) is 4.79 Å². The van der Waals surface area contributed by atoms with Crippen molar-refractivity contribution in [3.63, 3.8) is 0 Å². The molecule has 140 valence electrons. The van der Waals surface area contributed by atoms with Gasteiger partial charge in [0.1, 0.15) is 18.2 Å². The van der Waals surface area contributed by atoms with Crippen molar-refractivity contribution < 1.29 is 19.1 Å². The van der Waals surface area contributed by atoms with Gasteiger partial charge in [0, 0.05) is 13.1 Å². The third-order valence-electron chi connectivity index (χ3n) is 3.30. The van der Waals surface area contributed by atoms with E-state index < -0.39 is 17.7 Å². The number of hydrogen-bond donors (Lipinski definition) is 2. The van der Waals surface area contributed by atoms with Gasteiger partial charge < -0.3 is 20.1 Å². The van der Waals surface area contributed by atoms with Crippen molar-refractivity contribution in [1.29, 1.82) is 0 Å². The summed E-state index contributed by atoms with van der Waals surface area (Å²) in [4.78, 5) is 23.9. The summed E-state index contributed by atoms with van der Waals surface area (Å²) in [5.41, 5.74) is 0.409. The number of carbonyl (C=O) groups is 2. The van der Waals surface area contributed by atoms with Crippen LogP contribution in [0.2, 0.25) is 0 Å². The number of esters is 1. The van der Waals surface area contributed by atoms with E-state index in [1.165, 1.54) is 0 Å².